The number of carbonyl (C=O) groups excluding carboxylic acids is 1. The van der Waals surface area contributed by atoms with Gasteiger partial charge in [0.2, 0.25) is 5.91 Å². The molecule has 1 fully saturated rings. The topological polar surface area (TPSA) is 64.4 Å². The minimum absolute atomic E-state index is 0.0213. The van der Waals surface area contributed by atoms with E-state index in [0.29, 0.717) is 19.5 Å². The van der Waals surface area contributed by atoms with Gasteiger partial charge in [0, 0.05) is 26.1 Å². The van der Waals surface area contributed by atoms with Crippen molar-refractivity contribution in [3.63, 3.8) is 0 Å². The zero-order valence-electron chi connectivity index (χ0n) is 7.21. The van der Waals surface area contributed by atoms with Gasteiger partial charge in [-0.05, 0) is 12.8 Å². The lowest BCUT2D eigenvalue weighted by atomic mass is 10.2. The largest absolute Gasteiger partial charge is 0.376 e. The summed E-state index contributed by atoms with van der Waals surface area (Å²) in [6.45, 7) is 1.88. The highest BCUT2D eigenvalue weighted by Gasteiger charge is 2.15. The van der Waals surface area contributed by atoms with Crippen LogP contribution < -0.4 is 11.1 Å². The third kappa shape index (κ3) is 3.19. The molecule has 1 aliphatic heterocycles. The van der Waals surface area contributed by atoms with Gasteiger partial charge >= 0.3 is 0 Å². The van der Waals surface area contributed by atoms with Crippen molar-refractivity contribution in [1.82, 2.24) is 5.32 Å². The summed E-state index contributed by atoms with van der Waals surface area (Å²) in [5.41, 5.74) is 5.22. The van der Waals surface area contributed by atoms with Gasteiger partial charge in [0.15, 0.2) is 0 Å². The second kappa shape index (κ2) is 5.11. The summed E-state index contributed by atoms with van der Waals surface area (Å²) in [6.07, 6.45) is 2.80. The molecule has 70 valence electrons. The first-order chi connectivity index (χ1) is 5.83. The van der Waals surface area contributed by atoms with Crippen LogP contribution in [0.2, 0.25) is 0 Å². The predicted molar refractivity (Wildman–Crippen MR) is 45.7 cm³/mol. The molecule has 1 amide bonds. The Morgan fingerprint density at radius 2 is 2.50 bits per heavy atom. The second-order valence-corrected chi connectivity index (χ2v) is 2.98. The molecule has 0 aromatic carbocycles. The van der Waals surface area contributed by atoms with Crippen LogP contribution in [0.4, 0.5) is 0 Å². The number of ether oxygens (including phenoxy) is 1. The average molecular weight is 172 g/mol. The fourth-order valence-electron chi connectivity index (χ4n) is 1.25. The molecule has 4 heteroatoms. The van der Waals surface area contributed by atoms with Gasteiger partial charge in [-0.3, -0.25) is 4.79 Å². The SMILES string of the molecule is NCCC(=O)NC[C@H]1CCCO1. The Morgan fingerprint density at radius 3 is 3.08 bits per heavy atom. The number of rotatable bonds is 4. The third-order valence-corrected chi connectivity index (χ3v) is 1.92. The van der Waals surface area contributed by atoms with Gasteiger partial charge in [-0.2, -0.15) is 0 Å². The van der Waals surface area contributed by atoms with Crippen LogP contribution in [0.3, 0.4) is 0 Å². The molecule has 0 aromatic rings. The number of nitrogens with one attached hydrogen (secondary N) is 1. The lowest BCUT2D eigenvalue weighted by Gasteiger charge is -2.09. The maximum Gasteiger partial charge on any atom is 0.221 e. The van der Waals surface area contributed by atoms with Crippen LogP contribution in [0.15, 0.2) is 0 Å². The van der Waals surface area contributed by atoms with Gasteiger partial charge < -0.3 is 15.8 Å². The summed E-state index contributed by atoms with van der Waals surface area (Å²) in [7, 11) is 0. The molecule has 3 N–H and O–H groups in total. The highest BCUT2D eigenvalue weighted by Crippen LogP contribution is 2.10. The van der Waals surface area contributed by atoms with Crippen molar-refractivity contribution >= 4 is 5.91 Å². The summed E-state index contributed by atoms with van der Waals surface area (Å²) in [6, 6.07) is 0. The molecule has 1 atom stereocenters. The molecule has 1 aliphatic rings. The Kier molecular flexibility index (Phi) is 4.04. The lowest BCUT2D eigenvalue weighted by Crippen LogP contribution is -2.32. The molecular weight excluding hydrogens is 156 g/mol. The van der Waals surface area contributed by atoms with Crippen molar-refractivity contribution < 1.29 is 9.53 Å². The molecule has 1 rings (SSSR count). The van der Waals surface area contributed by atoms with E-state index in [9.17, 15) is 4.79 Å². The Morgan fingerprint density at radius 1 is 1.67 bits per heavy atom. The quantitative estimate of drug-likeness (QED) is 0.608. The lowest BCUT2D eigenvalue weighted by molar-refractivity contribution is -0.121. The fourth-order valence-corrected chi connectivity index (χ4v) is 1.25. The summed E-state index contributed by atoms with van der Waals surface area (Å²) in [4.78, 5) is 11.0. The second-order valence-electron chi connectivity index (χ2n) is 2.98. The van der Waals surface area contributed by atoms with E-state index in [1.807, 2.05) is 0 Å². The van der Waals surface area contributed by atoms with Gasteiger partial charge in [0.05, 0.1) is 6.10 Å². The maximum absolute atomic E-state index is 11.0. The molecule has 0 saturated carbocycles. The van der Waals surface area contributed by atoms with E-state index in [1.165, 1.54) is 0 Å². The van der Waals surface area contributed by atoms with E-state index < -0.39 is 0 Å². The first kappa shape index (κ1) is 9.48. The maximum atomic E-state index is 11.0. The molecule has 4 nitrogen and oxygen atoms in total. The summed E-state index contributed by atoms with van der Waals surface area (Å²) < 4.78 is 5.34. The van der Waals surface area contributed by atoms with Crippen LogP contribution in [0.25, 0.3) is 0 Å². The molecule has 0 radical (unpaired) electrons. The molecule has 12 heavy (non-hydrogen) atoms. The first-order valence-electron chi connectivity index (χ1n) is 4.41. The number of carbonyl (C=O) groups is 1. The van der Waals surface area contributed by atoms with E-state index in [2.05, 4.69) is 5.32 Å². The zero-order valence-corrected chi connectivity index (χ0v) is 7.21. The Bertz CT molecular complexity index is 144. The molecule has 0 unspecified atom stereocenters. The van der Waals surface area contributed by atoms with Crippen molar-refractivity contribution in [3.05, 3.63) is 0 Å². The highest BCUT2D eigenvalue weighted by molar-refractivity contribution is 5.76. The minimum atomic E-state index is 0.0213. The zero-order chi connectivity index (χ0) is 8.81. The average Bonchev–Trinajstić information content (AvgIpc) is 2.53. The molecule has 1 heterocycles. The van der Waals surface area contributed by atoms with Crippen LogP contribution in [0.1, 0.15) is 19.3 Å². The van der Waals surface area contributed by atoms with E-state index in [0.717, 1.165) is 19.4 Å². The van der Waals surface area contributed by atoms with E-state index in [4.69, 9.17) is 10.5 Å². The van der Waals surface area contributed by atoms with Crippen LogP contribution in [-0.2, 0) is 9.53 Å². The number of nitrogens with two attached hydrogens (primary N) is 1. The van der Waals surface area contributed by atoms with Crippen LogP contribution in [0, 0.1) is 0 Å². The van der Waals surface area contributed by atoms with Crippen LogP contribution >= 0.6 is 0 Å². The van der Waals surface area contributed by atoms with Crippen LogP contribution in [-0.4, -0.2) is 31.7 Å². The van der Waals surface area contributed by atoms with E-state index in [1.54, 1.807) is 0 Å². The van der Waals surface area contributed by atoms with Gasteiger partial charge in [0.1, 0.15) is 0 Å². The van der Waals surface area contributed by atoms with Crippen molar-refractivity contribution in [1.29, 1.82) is 0 Å². The van der Waals surface area contributed by atoms with Crippen molar-refractivity contribution in [2.24, 2.45) is 5.73 Å². The van der Waals surface area contributed by atoms with E-state index >= 15 is 0 Å². The Balaban J connectivity index is 2.03. The van der Waals surface area contributed by atoms with Crippen molar-refractivity contribution in [2.75, 3.05) is 19.7 Å². The summed E-state index contributed by atoms with van der Waals surface area (Å²) >= 11 is 0. The van der Waals surface area contributed by atoms with Crippen molar-refractivity contribution in [2.45, 2.75) is 25.4 Å². The van der Waals surface area contributed by atoms with E-state index in [-0.39, 0.29) is 12.0 Å². The highest BCUT2D eigenvalue weighted by atomic mass is 16.5. The third-order valence-electron chi connectivity index (χ3n) is 1.92. The predicted octanol–water partition coefficient (Wildman–Crippen LogP) is -0.370. The van der Waals surface area contributed by atoms with Gasteiger partial charge in [-0.25, -0.2) is 0 Å². The van der Waals surface area contributed by atoms with Gasteiger partial charge in [0.25, 0.3) is 0 Å². The molecular formula is C8H16N2O2. The van der Waals surface area contributed by atoms with Crippen molar-refractivity contribution in [3.8, 4) is 0 Å². The summed E-state index contributed by atoms with van der Waals surface area (Å²) in [5, 5.41) is 2.78. The standard InChI is InChI=1S/C8H16N2O2/c9-4-3-8(11)10-6-7-2-1-5-12-7/h7H,1-6,9H2,(H,10,11)/t7-/m1/s1. The molecule has 0 spiro atoms. The normalized spacial score (nSPS) is 22.6. The minimum Gasteiger partial charge on any atom is -0.376 e. The Hall–Kier alpha value is -0.610. The molecule has 0 aromatic heterocycles. The Labute approximate surface area is 72.5 Å². The van der Waals surface area contributed by atoms with Crippen LogP contribution in [0.5, 0.6) is 0 Å². The fraction of sp³-hybridized carbons (Fsp3) is 0.875. The smallest absolute Gasteiger partial charge is 0.221 e. The van der Waals surface area contributed by atoms with Gasteiger partial charge in [-0.1, -0.05) is 0 Å². The number of hydrogen-bond acceptors (Lipinski definition) is 3. The molecule has 0 bridgehead atoms. The number of hydrogen-bond donors (Lipinski definition) is 2. The van der Waals surface area contributed by atoms with Gasteiger partial charge in [-0.15, -0.1) is 0 Å². The first-order valence-corrected chi connectivity index (χ1v) is 4.41. The monoisotopic (exact) mass is 172 g/mol. The number of amides is 1. The summed E-state index contributed by atoms with van der Waals surface area (Å²) in [5.74, 6) is 0.0213. The molecule has 0 aliphatic carbocycles. The molecule has 1 saturated heterocycles.